The average molecular weight is 360 g/mol. The van der Waals surface area contributed by atoms with Gasteiger partial charge in [0.1, 0.15) is 17.3 Å². The maximum Gasteiger partial charge on any atom is 0.321 e. The summed E-state index contributed by atoms with van der Waals surface area (Å²) in [7, 11) is 3.23. The van der Waals surface area contributed by atoms with Crippen LogP contribution in [0.1, 0.15) is 20.8 Å². The number of H-pyrrole nitrogens is 1. The van der Waals surface area contributed by atoms with E-state index in [9.17, 15) is 4.55 Å². The number of nitrogens with one attached hydrogen (secondary N) is 1. The molecule has 1 N–H and O–H groups in total. The Labute approximate surface area is 151 Å². The van der Waals surface area contributed by atoms with Crippen molar-refractivity contribution in [2.24, 2.45) is 0 Å². The number of ether oxygens (including phenoxy) is 2. The second-order valence-corrected chi connectivity index (χ2v) is 7.01. The van der Waals surface area contributed by atoms with Gasteiger partial charge in [-0.05, 0) is 44.1 Å². The van der Waals surface area contributed by atoms with Gasteiger partial charge in [0.25, 0.3) is 0 Å². The molecule has 0 saturated heterocycles. The van der Waals surface area contributed by atoms with Crippen molar-refractivity contribution < 1.29 is 14.0 Å². The van der Waals surface area contributed by atoms with Gasteiger partial charge in [0.15, 0.2) is 0 Å². The Balaban J connectivity index is 2.22. The van der Waals surface area contributed by atoms with Crippen molar-refractivity contribution >= 4 is 22.2 Å². The molecule has 25 heavy (non-hydrogen) atoms. The topological polar surface area (TPSA) is 70.2 Å². The van der Waals surface area contributed by atoms with E-state index in [2.05, 4.69) is 16.5 Å². The predicted molar refractivity (Wildman–Crippen MR) is 102 cm³/mol. The van der Waals surface area contributed by atoms with Gasteiger partial charge in [0.05, 0.1) is 25.3 Å². The number of imidazole rings is 1. The van der Waals surface area contributed by atoms with Crippen LogP contribution in [0, 0.1) is 0 Å². The molecular weight excluding hydrogens is 336 g/mol. The molecule has 5 nitrogen and oxygen atoms in total. The molecule has 2 aromatic rings. The normalized spacial score (nSPS) is 14.2. The van der Waals surface area contributed by atoms with Crippen molar-refractivity contribution in [1.29, 1.82) is 0 Å². The SMILES string of the molecule is C=C(C[S@+]([O-])c1nc2cc(OC)ccc2[nH]1)/C(C)=C(OC)\C(C)=C/C. The van der Waals surface area contributed by atoms with Crippen LogP contribution >= 0.6 is 0 Å². The third-order valence-corrected chi connectivity index (χ3v) is 5.29. The zero-order valence-electron chi connectivity index (χ0n) is 15.3. The summed E-state index contributed by atoms with van der Waals surface area (Å²) in [5, 5.41) is 0.430. The summed E-state index contributed by atoms with van der Waals surface area (Å²) in [5.74, 6) is 1.76. The standard InChI is InChI=1S/C19H24N2O3S/c1-7-12(2)18(24-6)14(4)13(3)11-25(22)19-20-16-9-8-15(23-5)10-17(16)21-19/h7-10H,3,11H2,1-2,4-6H3,(H,20,21)/b12-7-,18-14+/t25-/m0/s1. The van der Waals surface area contributed by atoms with Gasteiger partial charge < -0.3 is 14.0 Å². The second kappa shape index (κ2) is 8.27. The van der Waals surface area contributed by atoms with Gasteiger partial charge in [-0.2, -0.15) is 4.98 Å². The highest BCUT2D eigenvalue weighted by atomic mass is 32.2. The van der Waals surface area contributed by atoms with Gasteiger partial charge in [0, 0.05) is 22.8 Å². The number of hydrogen-bond donors (Lipinski definition) is 1. The zero-order chi connectivity index (χ0) is 18.6. The van der Waals surface area contributed by atoms with Crippen molar-refractivity contribution in [3.05, 3.63) is 53.3 Å². The largest absolute Gasteiger partial charge is 0.609 e. The minimum Gasteiger partial charge on any atom is -0.609 e. The fourth-order valence-corrected chi connectivity index (χ4v) is 3.53. The van der Waals surface area contributed by atoms with Crippen LogP contribution in [0.5, 0.6) is 5.75 Å². The fourth-order valence-electron chi connectivity index (χ4n) is 2.43. The van der Waals surface area contributed by atoms with Crippen LogP contribution in [0.2, 0.25) is 0 Å². The average Bonchev–Trinajstić information content (AvgIpc) is 3.04. The molecule has 0 aliphatic rings. The molecule has 2 rings (SSSR count). The number of nitrogens with zero attached hydrogens (tertiary/aromatic N) is 1. The van der Waals surface area contributed by atoms with Gasteiger partial charge >= 0.3 is 5.16 Å². The molecule has 0 bridgehead atoms. The molecule has 0 amide bonds. The van der Waals surface area contributed by atoms with E-state index in [0.29, 0.717) is 10.9 Å². The Morgan fingerprint density at radius 1 is 1.36 bits per heavy atom. The monoisotopic (exact) mass is 360 g/mol. The molecule has 0 aliphatic heterocycles. The van der Waals surface area contributed by atoms with Gasteiger partial charge in [-0.15, -0.1) is 0 Å². The van der Waals surface area contributed by atoms with E-state index in [0.717, 1.165) is 33.5 Å². The van der Waals surface area contributed by atoms with Gasteiger partial charge in [0.2, 0.25) is 0 Å². The number of benzene rings is 1. The number of hydrogen-bond acceptors (Lipinski definition) is 4. The maximum atomic E-state index is 12.7. The van der Waals surface area contributed by atoms with Gasteiger partial charge in [-0.3, -0.25) is 4.98 Å². The van der Waals surface area contributed by atoms with Gasteiger partial charge in [-0.25, -0.2) is 0 Å². The fraction of sp³-hybridized carbons (Fsp3) is 0.316. The van der Waals surface area contributed by atoms with E-state index in [1.54, 1.807) is 14.2 Å². The third-order valence-electron chi connectivity index (χ3n) is 4.06. The highest BCUT2D eigenvalue weighted by Crippen LogP contribution is 2.25. The van der Waals surface area contributed by atoms with Crippen molar-refractivity contribution in [3.8, 4) is 5.75 Å². The van der Waals surface area contributed by atoms with Crippen molar-refractivity contribution in [1.82, 2.24) is 9.97 Å². The lowest BCUT2D eigenvalue weighted by atomic mass is 10.1. The summed E-state index contributed by atoms with van der Waals surface area (Å²) in [6, 6.07) is 5.51. The quantitative estimate of drug-likeness (QED) is 0.458. The summed E-state index contributed by atoms with van der Waals surface area (Å²) in [6.45, 7) is 9.91. The highest BCUT2D eigenvalue weighted by Gasteiger charge is 2.20. The van der Waals surface area contributed by atoms with Crippen LogP contribution in [0.15, 0.2) is 58.5 Å². The lowest BCUT2D eigenvalue weighted by Gasteiger charge is -2.14. The predicted octanol–water partition coefficient (Wildman–Crippen LogP) is 4.12. The van der Waals surface area contributed by atoms with E-state index < -0.39 is 11.2 Å². The number of aromatic nitrogens is 2. The van der Waals surface area contributed by atoms with E-state index >= 15 is 0 Å². The van der Waals surface area contributed by atoms with Crippen LogP contribution in [0.25, 0.3) is 11.0 Å². The van der Waals surface area contributed by atoms with Crippen LogP contribution in [-0.4, -0.2) is 34.5 Å². The Kier molecular flexibility index (Phi) is 6.33. The molecule has 0 aliphatic carbocycles. The number of fused-ring (bicyclic) bond motifs is 1. The molecule has 1 atom stereocenters. The molecule has 0 saturated carbocycles. The van der Waals surface area contributed by atoms with Gasteiger partial charge in [-0.1, -0.05) is 12.7 Å². The highest BCUT2D eigenvalue weighted by molar-refractivity contribution is 7.91. The van der Waals surface area contributed by atoms with E-state index in [1.165, 1.54) is 0 Å². The maximum absolute atomic E-state index is 12.7. The van der Waals surface area contributed by atoms with Crippen LogP contribution in [-0.2, 0) is 15.9 Å². The lowest BCUT2D eigenvalue weighted by Crippen LogP contribution is -2.12. The van der Waals surface area contributed by atoms with Crippen molar-refractivity contribution in [3.63, 3.8) is 0 Å². The van der Waals surface area contributed by atoms with E-state index in [4.69, 9.17) is 9.47 Å². The minimum absolute atomic E-state index is 0.284. The first-order valence-electron chi connectivity index (χ1n) is 7.89. The first kappa shape index (κ1) is 19.1. The molecule has 0 radical (unpaired) electrons. The first-order chi connectivity index (χ1) is 11.9. The summed E-state index contributed by atoms with van der Waals surface area (Å²) in [5.41, 5.74) is 4.22. The summed E-state index contributed by atoms with van der Waals surface area (Å²) >= 11 is -1.33. The summed E-state index contributed by atoms with van der Waals surface area (Å²) in [4.78, 5) is 7.52. The molecule has 0 fully saturated rings. The molecule has 134 valence electrons. The molecule has 1 aromatic heterocycles. The third kappa shape index (κ3) is 4.27. The van der Waals surface area contributed by atoms with Crippen molar-refractivity contribution in [2.75, 3.05) is 20.0 Å². The van der Waals surface area contributed by atoms with Crippen LogP contribution in [0.4, 0.5) is 0 Å². The number of allylic oxidation sites excluding steroid dienone is 3. The summed E-state index contributed by atoms with van der Waals surface area (Å²) in [6.07, 6.45) is 1.97. The molecule has 0 unspecified atom stereocenters. The molecule has 1 heterocycles. The minimum atomic E-state index is -1.33. The first-order valence-corrected chi connectivity index (χ1v) is 9.21. The lowest BCUT2D eigenvalue weighted by molar-refractivity contribution is 0.297. The van der Waals surface area contributed by atoms with E-state index in [1.807, 2.05) is 45.0 Å². The smallest absolute Gasteiger partial charge is 0.321 e. The Morgan fingerprint density at radius 3 is 2.68 bits per heavy atom. The molecule has 0 spiro atoms. The molecule has 1 aromatic carbocycles. The Morgan fingerprint density at radius 2 is 2.08 bits per heavy atom. The number of methoxy groups -OCH3 is 2. The molecular formula is C19H24N2O3S. The van der Waals surface area contributed by atoms with Crippen LogP contribution in [0.3, 0.4) is 0 Å². The molecule has 6 heteroatoms. The summed E-state index contributed by atoms with van der Waals surface area (Å²) < 4.78 is 23.3. The van der Waals surface area contributed by atoms with E-state index in [-0.39, 0.29) is 5.75 Å². The zero-order valence-corrected chi connectivity index (χ0v) is 16.1. The Bertz CT molecular complexity index is 836. The Hall–Kier alpha value is -2.18. The second-order valence-electron chi connectivity index (χ2n) is 5.65. The van der Waals surface area contributed by atoms with Crippen molar-refractivity contribution in [2.45, 2.75) is 25.9 Å². The number of aromatic amines is 1. The number of rotatable bonds is 7. The van der Waals surface area contributed by atoms with Crippen LogP contribution < -0.4 is 4.74 Å².